The van der Waals surface area contributed by atoms with Crippen molar-refractivity contribution in [3.8, 4) is 11.5 Å². The van der Waals surface area contributed by atoms with Gasteiger partial charge >= 0.3 is 0 Å². The number of benzene rings is 2. The highest BCUT2D eigenvalue weighted by Crippen LogP contribution is 2.21. The summed E-state index contributed by atoms with van der Waals surface area (Å²) in [6.07, 6.45) is 0. The Balaban J connectivity index is 1.82. The topological polar surface area (TPSA) is 76.7 Å². The molecule has 24 heavy (non-hydrogen) atoms. The molecule has 2 N–H and O–H groups in total. The maximum Gasteiger partial charge on any atom is 0.276 e. The summed E-state index contributed by atoms with van der Waals surface area (Å²) in [5.41, 5.74) is 6.00. The van der Waals surface area contributed by atoms with Crippen molar-refractivity contribution < 1.29 is 19.1 Å². The number of methoxy groups -OCH3 is 1. The number of carbonyl (C=O) groups is 2. The van der Waals surface area contributed by atoms with Crippen LogP contribution in [0.2, 0.25) is 0 Å². The van der Waals surface area contributed by atoms with Crippen molar-refractivity contribution in [1.29, 1.82) is 0 Å². The van der Waals surface area contributed by atoms with E-state index in [1.165, 1.54) is 7.11 Å². The molecule has 0 atom stereocenters. The minimum absolute atomic E-state index is 0.209. The first-order valence-corrected chi connectivity index (χ1v) is 7.91. The number of hydrogen-bond acceptors (Lipinski definition) is 4. The number of hydrogen-bond donors (Lipinski definition) is 2. The van der Waals surface area contributed by atoms with Crippen molar-refractivity contribution in [2.45, 2.75) is 6.92 Å². The Labute approximate surface area is 148 Å². The third kappa shape index (κ3) is 4.99. The van der Waals surface area contributed by atoms with Gasteiger partial charge in [0.2, 0.25) is 0 Å². The standard InChI is InChI=1S/C17H17BrN2O4/c1-11-8-14(6-7-15(11)18)24-10-16(21)19-20-17(22)12-4-3-5-13(9-12)23-2/h3-9H,10H2,1-2H3,(H,19,21)(H,20,22). The smallest absolute Gasteiger partial charge is 0.276 e. The van der Waals surface area contributed by atoms with E-state index in [4.69, 9.17) is 9.47 Å². The van der Waals surface area contributed by atoms with Gasteiger partial charge in [0.15, 0.2) is 6.61 Å². The Bertz CT molecular complexity index is 749. The number of amides is 2. The predicted molar refractivity (Wildman–Crippen MR) is 93.0 cm³/mol. The Morgan fingerprint density at radius 3 is 2.58 bits per heavy atom. The van der Waals surface area contributed by atoms with E-state index in [1.807, 2.05) is 19.1 Å². The van der Waals surface area contributed by atoms with E-state index in [-0.39, 0.29) is 6.61 Å². The number of halogens is 1. The molecule has 0 heterocycles. The summed E-state index contributed by atoms with van der Waals surface area (Å²) in [5.74, 6) is 0.224. The summed E-state index contributed by atoms with van der Waals surface area (Å²) < 4.78 is 11.4. The van der Waals surface area contributed by atoms with Crippen molar-refractivity contribution in [3.05, 3.63) is 58.1 Å². The van der Waals surface area contributed by atoms with Gasteiger partial charge in [-0.15, -0.1) is 0 Å². The first kappa shape index (κ1) is 17.8. The van der Waals surface area contributed by atoms with Crippen LogP contribution in [0.5, 0.6) is 11.5 Å². The minimum Gasteiger partial charge on any atom is -0.497 e. The summed E-state index contributed by atoms with van der Waals surface area (Å²) >= 11 is 3.39. The molecule has 2 rings (SSSR count). The van der Waals surface area contributed by atoms with Crippen LogP contribution in [-0.2, 0) is 4.79 Å². The van der Waals surface area contributed by atoms with Gasteiger partial charge in [0.05, 0.1) is 7.11 Å². The lowest BCUT2D eigenvalue weighted by Gasteiger charge is -2.10. The van der Waals surface area contributed by atoms with Crippen LogP contribution in [0.3, 0.4) is 0 Å². The van der Waals surface area contributed by atoms with Crippen LogP contribution in [0, 0.1) is 6.92 Å². The average molecular weight is 393 g/mol. The van der Waals surface area contributed by atoms with Gasteiger partial charge < -0.3 is 9.47 Å². The molecule has 0 aromatic heterocycles. The fourth-order valence-electron chi connectivity index (χ4n) is 1.85. The molecule has 0 saturated carbocycles. The number of rotatable bonds is 5. The van der Waals surface area contributed by atoms with Crippen molar-refractivity contribution in [2.75, 3.05) is 13.7 Å². The highest BCUT2D eigenvalue weighted by atomic mass is 79.9. The van der Waals surface area contributed by atoms with Crippen LogP contribution in [0.4, 0.5) is 0 Å². The molecule has 126 valence electrons. The van der Waals surface area contributed by atoms with Crippen molar-refractivity contribution in [3.63, 3.8) is 0 Å². The van der Waals surface area contributed by atoms with E-state index in [0.29, 0.717) is 17.1 Å². The molecule has 0 unspecified atom stereocenters. The van der Waals surface area contributed by atoms with Gasteiger partial charge in [-0.1, -0.05) is 22.0 Å². The van der Waals surface area contributed by atoms with Crippen LogP contribution in [-0.4, -0.2) is 25.5 Å². The highest BCUT2D eigenvalue weighted by molar-refractivity contribution is 9.10. The lowest BCUT2D eigenvalue weighted by atomic mass is 10.2. The van der Waals surface area contributed by atoms with E-state index in [9.17, 15) is 9.59 Å². The molecule has 0 aliphatic heterocycles. The molecule has 6 nitrogen and oxygen atoms in total. The Hall–Kier alpha value is -2.54. The van der Waals surface area contributed by atoms with Gasteiger partial charge in [0.1, 0.15) is 11.5 Å². The first-order valence-electron chi connectivity index (χ1n) is 7.12. The van der Waals surface area contributed by atoms with Gasteiger partial charge in [-0.3, -0.25) is 20.4 Å². The number of nitrogens with one attached hydrogen (secondary N) is 2. The largest absolute Gasteiger partial charge is 0.497 e. The van der Waals surface area contributed by atoms with E-state index < -0.39 is 11.8 Å². The number of ether oxygens (including phenoxy) is 2. The van der Waals surface area contributed by atoms with Crippen LogP contribution >= 0.6 is 15.9 Å². The molecular weight excluding hydrogens is 376 g/mol. The number of carbonyl (C=O) groups excluding carboxylic acids is 2. The summed E-state index contributed by atoms with van der Waals surface area (Å²) in [6.45, 7) is 1.71. The molecule has 2 aromatic carbocycles. The van der Waals surface area contributed by atoms with E-state index in [2.05, 4.69) is 26.8 Å². The third-order valence-corrected chi connectivity index (χ3v) is 4.04. The fourth-order valence-corrected chi connectivity index (χ4v) is 2.10. The quantitative estimate of drug-likeness (QED) is 0.766. The van der Waals surface area contributed by atoms with Crippen LogP contribution < -0.4 is 20.3 Å². The average Bonchev–Trinajstić information content (AvgIpc) is 2.60. The number of aryl methyl sites for hydroxylation is 1. The zero-order valence-corrected chi connectivity index (χ0v) is 14.8. The summed E-state index contributed by atoms with van der Waals surface area (Å²) in [7, 11) is 1.51. The molecule has 2 amide bonds. The summed E-state index contributed by atoms with van der Waals surface area (Å²) in [6, 6.07) is 12.0. The summed E-state index contributed by atoms with van der Waals surface area (Å²) in [4.78, 5) is 23.7. The Morgan fingerprint density at radius 1 is 1.08 bits per heavy atom. The molecule has 7 heteroatoms. The lowest BCUT2D eigenvalue weighted by Crippen LogP contribution is -2.43. The van der Waals surface area contributed by atoms with E-state index in [0.717, 1.165) is 10.0 Å². The first-order chi connectivity index (χ1) is 11.5. The monoisotopic (exact) mass is 392 g/mol. The zero-order valence-electron chi connectivity index (χ0n) is 13.3. The van der Waals surface area contributed by atoms with Gasteiger partial charge in [0, 0.05) is 10.0 Å². The maximum absolute atomic E-state index is 11.9. The molecule has 0 aliphatic rings. The van der Waals surface area contributed by atoms with Crippen LogP contribution in [0.1, 0.15) is 15.9 Å². The minimum atomic E-state index is -0.466. The van der Waals surface area contributed by atoms with Gasteiger partial charge in [-0.2, -0.15) is 0 Å². The zero-order chi connectivity index (χ0) is 17.5. The highest BCUT2D eigenvalue weighted by Gasteiger charge is 2.09. The lowest BCUT2D eigenvalue weighted by molar-refractivity contribution is -0.123. The van der Waals surface area contributed by atoms with Gasteiger partial charge in [0.25, 0.3) is 11.8 Å². The van der Waals surface area contributed by atoms with E-state index >= 15 is 0 Å². The Kier molecular flexibility index (Phi) is 6.20. The van der Waals surface area contributed by atoms with E-state index in [1.54, 1.807) is 30.3 Å². The fraction of sp³-hybridized carbons (Fsp3) is 0.176. The third-order valence-electron chi connectivity index (χ3n) is 3.15. The molecule has 0 fully saturated rings. The molecule has 0 bridgehead atoms. The maximum atomic E-state index is 11.9. The molecule has 2 aromatic rings. The summed E-state index contributed by atoms with van der Waals surface area (Å²) in [5, 5.41) is 0. The van der Waals surface area contributed by atoms with Crippen molar-refractivity contribution in [2.24, 2.45) is 0 Å². The number of hydrazine groups is 1. The molecule has 0 saturated heterocycles. The molecule has 0 spiro atoms. The van der Waals surface area contributed by atoms with Crippen molar-refractivity contribution >= 4 is 27.7 Å². The normalized spacial score (nSPS) is 9.96. The second-order valence-corrected chi connectivity index (χ2v) is 5.79. The molecule has 0 radical (unpaired) electrons. The predicted octanol–water partition coefficient (Wildman–Crippen LogP) is 2.61. The van der Waals surface area contributed by atoms with Crippen molar-refractivity contribution in [1.82, 2.24) is 10.9 Å². The van der Waals surface area contributed by atoms with Gasteiger partial charge in [-0.25, -0.2) is 0 Å². The molecule has 0 aliphatic carbocycles. The second-order valence-electron chi connectivity index (χ2n) is 4.93. The molecular formula is C17H17BrN2O4. The second kappa shape index (κ2) is 8.35. The van der Waals surface area contributed by atoms with Crippen LogP contribution in [0.15, 0.2) is 46.9 Å². The SMILES string of the molecule is COc1cccc(C(=O)NNC(=O)COc2ccc(Br)c(C)c2)c1. The Morgan fingerprint density at radius 2 is 1.88 bits per heavy atom. The van der Waals surface area contributed by atoms with Crippen LogP contribution in [0.25, 0.3) is 0 Å². The van der Waals surface area contributed by atoms with Gasteiger partial charge in [-0.05, 0) is 48.9 Å².